The molecule has 0 saturated carbocycles. The number of carbonyl (C=O) groups excluding carboxylic acids is 2. The topological polar surface area (TPSA) is 89.9 Å². The van der Waals surface area contributed by atoms with Gasteiger partial charge in [-0.1, -0.05) is 19.1 Å². The third-order valence-electron chi connectivity index (χ3n) is 5.44. The van der Waals surface area contributed by atoms with E-state index in [2.05, 4.69) is 15.3 Å². The number of aromatic nitrogens is 1. The molecule has 0 radical (unpaired) electrons. The van der Waals surface area contributed by atoms with Crippen LogP contribution in [0.2, 0.25) is 0 Å². The monoisotopic (exact) mass is 425 g/mol. The second kappa shape index (κ2) is 9.34. The van der Waals surface area contributed by atoms with E-state index in [1.807, 2.05) is 13.0 Å². The van der Waals surface area contributed by atoms with Crippen LogP contribution < -0.4 is 5.32 Å². The fourth-order valence-electron chi connectivity index (χ4n) is 3.75. The number of amides is 1. The van der Waals surface area contributed by atoms with Crippen molar-refractivity contribution in [3.8, 4) is 0 Å². The molecule has 1 fully saturated rings. The molecule has 7 nitrogen and oxygen atoms in total. The Kier molecular flexibility index (Phi) is 6.36. The number of hydrogen-bond donors (Lipinski definition) is 1. The first kappa shape index (κ1) is 21.1. The number of pyridine rings is 1. The van der Waals surface area contributed by atoms with E-state index in [0.29, 0.717) is 44.1 Å². The number of fused-ring (bicyclic) bond motifs is 1. The minimum absolute atomic E-state index is 0.00190. The number of hydrogen-bond acceptors (Lipinski definition) is 6. The highest BCUT2D eigenvalue weighted by molar-refractivity contribution is 6.08. The predicted octanol–water partition coefficient (Wildman–Crippen LogP) is 3.30. The Morgan fingerprint density at radius 2 is 2.13 bits per heavy atom. The molecule has 0 spiro atoms. The lowest BCUT2D eigenvalue weighted by molar-refractivity contribution is -0.118. The maximum Gasteiger partial charge on any atom is 0.413 e. The summed E-state index contributed by atoms with van der Waals surface area (Å²) in [5.74, 6) is 0.192. The molecule has 0 bridgehead atoms. The van der Waals surface area contributed by atoms with Gasteiger partial charge in [0, 0.05) is 36.7 Å². The summed E-state index contributed by atoms with van der Waals surface area (Å²) in [6, 6.07) is 8.07. The molecule has 2 atom stereocenters. The van der Waals surface area contributed by atoms with Crippen LogP contribution in [0.15, 0.2) is 41.5 Å². The molecule has 0 aliphatic carbocycles. The van der Waals surface area contributed by atoms with E-state index < -0.39 is 6.09 Å². The van der Waals surface area contributed by atoms with Crippen LogP contribution in [0.1, 0.15) is 48.1 Å². The van der Waals surface area contributed by atoms with Crippen LogP contribution in [-0.4, -0.2) is 42.0 Å². The molecular weight excluding hydrogens is 401 g/mol. The van der Waals surface area contributed by atoms with E-state index in [1.54, 1.807) is 18.3 Å². The maximum atomic E-state index is 13.1. The number of alkyl carbamates (subject to hydrolysis) is 1. The van der Waals surface area contributed by atoms with Gasteiger partial charge in [0.25, 0.3) is 0 Å². The van der Waals surface area contributed by atoms with Crippen molar-refractivity contribution in [2.24, 2.45) is 4.99 Å². The lowest BCUT2D eigenvalue weighted by Crippen LogP contribution is -2.34. The van der Waals surface area contributed by atoms with Crippen molar-refractivity contribution < 1.29 is 23.5 Å². The summed E-state index contributed by atoms with van der Waals surface area (Å²) < 4.78 is 23.6. The van der Waals surface area contributed by atoms with Gasteiger partial charge < -0.3 is 9.47 Å². The van der Waals surface area contributed by atoms with Crippen LogP contribution in [-0.2, 0) is 27.2 Å². The van der Waals surface area contributed by atoms with Gasteiger partial charge in [0.1, 0.15) is 23.5 Å². The van der Waals surface area contributed by atoms with Crippen molar-refractivity contribution in [1.82, 2.24) is 10.3 Å². The fourth-order valence-corrected chi connectivity index (χ4v) is 3.75. The molecule has 162 valence electrons. The molecule has 1 amide bonds. The summed E-state index contributed by atoms with van der Waals surface area (Å²) in [6.45, 7) is 3.36. The SMILES string of the molecule is C[C@@H](CC(=O)Cc1cc2c(cn1)C(NC(=O)OC1CCOC1)=NC2)c1ccc(F)cc1. The van der Waals surface area contributed by atoms with Crippen LogP contribution in [0.3, 0.4) is 0 Å². The Hall–Kier alpha value is -3.13. The minimum Gasteiger partial charge on any atom is -0.443 e. The zero-order valence-corrected chi connectivity index (χ0v) is 17.3. The third-order valence-corrected chi connectivity index (χ3v) is 5.44. The quantitative estimate of drug-likeness (QED) is 0.767. The van der Waals surface area contributed by atoms with E-state index in [-0.39, 0.29) is 30.0 Å². The number of aliphatic imine (C=N–C) groups is 1. The number of nitrogens with zero attached hydrogens (tertiary/aromatic N) is 2. The van der Waals surface area contributed by atoms with Gasteiger partial charge in [-0.25, -0.2) is 9.18 Å². The van der Waals surface area contributed by atoms with Crippen LogP contribution in [0.5, 0.6) is 0 Å². The Labute approximate surface area is 179 Å². The molecule has 2 aliphatic rings. The van der Waals surface area contributed by atoms with Crippen molar-refractivity contribution in [1.29, 1.82) is 0 Å². The third kappa shape index (κ3) is 5.32. The summed E-state index contributed by atoms with van der Waals surface area (Å²) in [4.78, 5) is 33.3. The maximum absolute atomic E-state index is 13.1. The molecule has 3 heterocycles. The Morgan fingerprint density at radius 1 is 1.32 bits per heavy atom. The minimum atomic E-state index is -0.559. The number of rotatable bonds is 6. The molecule has 4 rings (SSSR count). The smallest absolute Gasteiger partial charge is 0.413 e. The number of ketones is 1. The number of amidine groups is 1. The standard InChI is InChI=1S/C23H24FN3O4/c1-14(15-2-4-17(24)5-3-15)8-19(28)10-18-9-16-11-26-22(21(16)12-25-18)27-23(29)31-20-6-7-30-13-20/h2-5,9,12,14,20H,6-8,10-11,13H2,1H3,(H,26,27,29)/t14-,20?/m0/s1. The van der Waals surface area contributed by atoms with Gasteiger partial charge in [-0.15, -0.1) is 0 Å². The first-order valence-corrected chi connectivity index (χ1v) is 10.3. The molecule has 2 aromatic rings. The van der Waals surface area contributed by atoms with Gasteiger partial charge in [0.15, 0.2) is 0 Å². The van der Waals surface area contributed by atoms with Crippen LogP contribution in [0.25, 0.3) is 0 Å². The van der Waals surface area contributed by atoms with Crippen LogP contribution >= 0.6 is 0 Å². The van der Waals surface area contributed by atoms with Crippen molar-refractivity contribution in [3.63, 3.8) is 0 Å². The molecule has 1 aromatic carbocycles. The number of carbonyl (C=O) groups is 2. The number of Topliss-reactive ketones (excluding diaryl/α,β-unsaturated/α-hetero) is 1. The first-order chi connectivity index (χ1) is 15.0. The van der Waals surface area contributed by atoms with E-state index >= 15 is 0 Å². The highest BCUT2D eigenvalue weighted by Gasteiger charge is 2.24. The number of nitrogens with one attached hydrogen (secondary N) is 1. The van der Waals surface area contributed by atoms with Gasteiger partial charge >= 0.3 is 6.09 Å². The average molecular weight is 425 g/mol. The molecule has 1 aromatic heterocycles. The zero-order chi connectivity index (χ0) is 21.8. The van der Waals surface area contributed by atoms with Gasteiger partial charge in [0.2, 0.25) is 0 Å². The predicted molar refractivity (Wildman–Crippen MR) is 111 cm³/mol. The second-order valence-electron chi connectivity index (χ2n) is 7.89. The second-order valence-corrected chi connectivity index (χ2v) is 7.89. The molecule has 31 heavy (non-hydrogen) atoms. The van der Waals surface area contributed by atoms with E-state index in [0.717, 1.165) is 16.7 Å². The summed E-state index contributed by atoms with van der Waals surface area (Å²) in [5, 5.41) is 2.67. The molecule has 1 N–H and O–H groups in total. The first-order valence-electron chi connectivity index (χ1n) is 10.3. The normalized spacial score (nSPS) is 18.3. The lowest BCUT2D eigenvalue weighted by Gasteiger charge is -2.12. The van der Waals surface area contributed by atoms with Crippen LogP contribution in [0.4, 0.5) is 9.18 Å². The number of halogens is 1. The van der Waals surface area contributed by atoms with Gasteiger partial charge in [0.05, 0.1) is 19.8 Å². The molecule has 2 aliphatic heterocycles. The fraction of sp³-hybridized carbons (Fsp3) is 0.391. The van der Waals surface area contributed by atoms with Gasteiger partial charge in [-0.3, -0.25) is 20.1 Å². The Morgan fingerprint density at radius 3 is 2.87 bits per heavy atom. The summed E-state index contributed by atoms with van der Waals surface area (Å²) in [7, 11) is 0. The molecule has 8 heteroatoms. The highest BCUT2D eigenvalue weighted by atomic mass is 19.1. The Bertz CT molecular complexity index is 1000. The lowest BCUT2D eigenvalue weighted by atomic mass is 9.94. The summed E-state index contributed by atoms with van der Waals surface area (Å²) in [6.07, 6.45) is 2.10. The summed E-state index contributed by atoms with van der Waals surface area (Å²) in [5.41, 5.74) is 3.23. The van der Waals surface area contributed by atoms with Gasteiger partial charge in [-0.2, -0.15) is 0 Å². The largest absolute Gasteiger partial charge is 0.443 e. The van der Waals surface area contributed by atoms with E-state index in [1.165, 1.54) is 12.1 Å². The van der Waals surface area contributed by atoms with Crippen molar-refractivity contribution in [3.05, 3.63) is 64.7 Å². The van der Waals surface area contributed by atoms with Crippen molar-refractivity contribution >= 4 is 17.7 Å². The summed E-state index contributed by atoms with van der Waals surface area (Å²) >= 11 is 0. The molecular formula is C23H24FN3O4. The molecule has 1 saturated heterocycles. The van der Waals surface area contributed by atoms with E-state index in [9.17, 15) is 14.0 Å². The number of ether oxygens (including phenoxy) is 2. The van der Waals surface area contributed by atoms with Crippen LogP contribution in [0, 0.1) is 5.82 Å². The van der Waals surface area contributed by atoms with Crippen molar-refractivity contribution in [2.45, 2.75) is 44.8 Å². The van der Waals surface area contributed by atoms with Gasteiger partial charge in [-0.05, 0) is 35.2 Å². The molecule has 1 unspecified atom stereocenters. The highest BCUT2D eigenvalue weighted by Crippen LogP contribution is 2.22. The number of benzene rings is 1. The van der Waals surface area contributed by atoms with Crippen molar-refractivity contribution in [2.75, 3.05) is 13.2 Å². The average Bonchev–Trinajstić information content (AvgIpc) is 3.38. The Balaban J connectivity index is 1.32. The zero-order valence-electron chi connectivity index (χ0n) is 17.3. The van der Waals surface area contributed by atoms with E-state index in [4.69, 9.17) is 9.47 Å².